The number of fused-ring (bicyclic) bond motifs is 1. The second-order valence-corrected chi connectivity index (χ2v) is 7.20. The van der Waals surface area contributed by atoms with E-state index < -0.39 is 17.6 Å². The van der Waals surface area contributed by atoms with Crippen molar-refractivity contribution in [3.8, 4) is 11.3 Å². The quantitative estimate of drug-likeness (QED) is 0.649. The second kappa shape index (κ2) is 7.62. The van der Waals surface area contributed by atoms with Gasteiger partial charge >= 0.3 is 6.18 Å². The van der Waals surface area contributed by atoms with Crippen LogP contribution in [-0.4, -0.2) is 45.2 Å². The molecule has 4 rings (SSSR count). The summed E-state index contributed by atoms with van der Waals surface area (Å²) < 4.78 is 54.7. The fraction of sp³-hybridized carbons (Fsp3) is 0.400. The summed E-state index contributed by atoms with van der Waals surface area (Å²) in [5.74, 6) is -0.451. The molecule has 0 bridgehead atoms. The lowest BCUT2D eigenvalue weighted by Crippen LogP contribution is -2.42. The number of rotatable bonds is 4. The Kier molecular flexibility index (Phi) is 5.16. The number of nitrogens with zero attached hydrogens (tertiary/aromatic N) is 4. The van der Waals surface area contributed by atoms with Crippen LogP contribution in [0.25, 0.3) is 16.8 Å². The Hall–Kier alpha value is -2.68. The molecule has 0 amide bonds. The highest BCUT2D eigenvalue weighted by Gasteiger charge is 2.31. The highest BCUT2D eigenvalue weighted by molar-refractivity contribution is 5.78. The standard InChI is InChI=1S/C20H21F4N5/c1-2-28-9-3-5-14(12-28)25-19-27-26-18(17-6-4-10-29(17)19)15-8-7-13(11-16(15)21)20(22,23)24/h4,6-8,10-11,14H,2-3,5,9,12H2,1H3,(H,25,27)/t14-/m1/s1. The topological polar surface area (TPSA) is 45.5 Å². The van der Waals surface area contributed by atoms with Crippen LogP contribution in [0.1, 0.15) is 25.3 Å². The molecule has 1 saturated heterocycles. The molecule has 1 aromatic carbocycles. The van der Waals surface area contributed by atoms with E-state index in [1.54, 1.807) is 22.7 Å². The minimum Gasteiger partial charge on any atom is -0.350 e. The van der Waals surface area contributed by atoms with Crippen molar-refractivity contribution in [1.82, 2.24) is 19.5 Å². The summed E-state index contributed by atoms with van der Waals surface area (Å²) >= 11 is 0. The summed E-state index contributed by atoms with van der Waals surface area (Å²) in [6, 6.07) is 6.18. The molecule has 1 N–H and O–H groups in total. The SMILES string of the molecule is CCN1CCC[C@@H](Nc2nnc(-c3ccc(C(F)(F)F)cc3F)c3cccn23)C1. The first-order valence-electron chi connectivity index (χ1n) is 9.56. The van der Waals surface area contributed by atoms with Crippen molar-refractivity contribution in [3.63, 3.8) is 0 Å². The van der Waals surface area contributed by atoms with Crippen molar-refractivity contribution in [2.75, 3.05) is 25.0 Å². The van der Waals surface area contributed by atoms with Crippen LogP contribution in [-0.2, 0) is 6.18 Å². The normalized spacial score (nSPS) is 18.3. The van der Waals surface area contributed by atoms with Crippen molar-refractivity contribution >= 4 is 11.5 Å². The van der Waals surface area contributed by atoms with Crippen LogP contribution in [0.5, 0.6) is 0 Å². The number of hydrogen-bond donors (Lipinski definition) is 1. The van der Waals surface area contributed by atoms with E-state index in [-0.39, 0.29) is 17.3 Å². The van der Waals surface area contributed by atoms with Gasteiger partial charge in [-0.25, -0.2) is 4.39 Å². The van der Waals surface area contributed by atoms with E-state index in [0.29, 0.717) is 17.5 Å². The molecule has 5 nitrogen and oxygen atoms in total. The molecule has 0 radical (unpaired) electrons. The number of benzene rings is 1. The van der Waals surface area contributed by atoms with Gasteiger partial charge in [0.25, 0.3) is 0 Å². The van der Waals surface area contributed by atoms with Gasteiger partial charge in [-0.2, -0.15) is 13.2 Å². The zero-order valence-corrected chi connectivity index (χ0v) is 15.9. The first-order valence-corrected chi connectivity index (χ1v) is 9.56. The van der Waals surface area contributed by atoms with E-state index >= 15 is 0 Å². The summed E-state index contributed by atoms with van der Waals surface area (Å²) in [6.07, 6.45) is -0.730. The zero-order valence-electron chi connectivity index (χ0n) is 15.9. The fourth-order valence-electron chi connectivity index (χ4n) is 3.77. The number of alkyl halides is 3. The Morgan fingerprint density at radius 1 is 1.21 bits per heavy atom. The van der Waals surface area contributed by atoms with Gasteiger partial charge in [-0.05, 0) is 56.3 Å². The summed E-state index contributed by atoms with van der Waals surface area (Å²) in [5.41, 5.74) is -0.278. The van der Waals surface area contributed by atoms with Gasteiger partial charge < -0.3 is 10.2 Å². The molecule has 3 aromatic rings. The van der Waals surface area contributed by atoms with E-state index in [4.69, 9.17) is 0 Å². The number of likely N-dealkylation sites (N-methyl/N-ethyl adjacent to an activating group) is 1. The third-order valence-electron chi connectivity index (χ3n) is 5.30. The predicted molar refractivity (Wildman–Crippen MR) is 102 cm³/mol. The highest BCUT2D eigenvalue weighted by atomic mass is 19.4. The molecule has 2 aromatic heterocycles. The van der Waals surface area contributed by atoms with Crippen molar-refractivity contribution in [3.05, 3.63) is 47.9 Å². The molecule has 0 unspecified atom stereocenters. The Morgan fingerprint density at radius 2 is 2.03 bits per heavy atom. The van der Waals surface area contributed by atoms with Crippen molar-refractivity contribution in [2.45, 2.75) is 32.0 Å². The largest absolute Gasteiger partial charge is 0.416 e. The minimum atomic E-state index is -4.60. The van der Waals surface area contributed by atoms with Gasteiger partial charge in [0.2, 0.25) is 5.95 Å². The number of nitrogens with one attached hydrogen (secondary N) is 1. The molecular formula is C20H21F4N5. The highest BCUT2D eigenvalue weighted by Crippen LogP contribution is 2.33. The zero-order chi connectivity index (χ0) is 20.6. The molecular weight excluding hydrogens is 386 g/mol. The fourth-order valence-corrected chi connectivity index (χ4v) is 3.77. The van der Waals surface area contributed by atoms with E-state index in [2.05, 4.69) is 27.3 Å². The summed E-state index contributed by atoms with van der Waals surface area (Å²) in [6.45, 7) is 5.08. The molecule has 9 heteroatoms. The molecule has 0 saturated carbocycles. The van der Waals surface area contributed by atoms with Gasteiger partial charge in [0.1, 0.15) is 11.5 Å². The number of hydrogen-bond acceptors (Lipinski definition) is 4. The maximum atomic E-state index is 14.5. The molecule has 3 heterocycles. The summed E-state index contributed by atoms with van der Waals surface area (Å²) in [7, 11) is 0. The summed E-state index contributed by atoms with van der Waals surface area (Å²) in [5, 5.41) is 11.7. The van der Waals surface area contributed by atoms with Crippen LogP contribution in [0.2, 0.25) is 0 Å². The van der Waals surface area contributed by atoms with Gasteiger partial charge in [-0.15, -0.1) is 10.2 Å². The minimum absolute atomic E-state index is 0.0180. The maximum absolute atomic E-state index is 14.5. The van der Waals surface area contributed by atoms with Crippen molar-refractivity contribution in [2.24, 2.45) is 0 Å². The first-order chi connectivity index (χ1) is 13.9. The third kappa shape index (κ3) is 3.91. The monoisotopic (exact) mass is 407 g/mol. The Balaban J connectivity index is 1.67. The van der Waals surface area contributed by atoms with Gasteiger partial charge in [0.15, 0.2) is 0 Å². The number of piperidine rings is 1. The average molecular weight is 407 g/mol. The van der Waals surface area contributed by atoms with Gasteiger partial charge in [-0.3, -0.25) is 4.40 Å². The van der Waals surface area contributed by atoms with E-state index in [1.807, 2.05) is 0 Å². The van der Waals surface area contributed by atoms with Gasteiger partial charge in [-0.1, -0.05) is 6.92 Å². The van der Waals surface area contributed by atoms with E-state index in [1.165, 1.54) is 0 Å². The van der Waals surface area contributed by atoms with Gasteiger partial charge in [0.05, 0.1) is 11.1 Å². The Bertz CT molecular complexity index is 1010. The van der Waals surface area contributed by atoms with E-state index in [9.17, 15) is 17.6 Å². The molecule has 1 aliphatic rings. The molecule has 29 heavy (non-hydrogen) atoms. The number of aromatic nitrogens is 3. The van der Waals surface area contributed by atoms with E-state index in [0.717, 1.165) is 44.6 Å². The molecule has 154 valence electrons. The van der Waals surface area contributed by atoms with Crippen LogP contribution in [0, 0.1) is 5.82 Å². The van der Waals surface area contributed by atoms with Crippen molar-refractivity contribution in [1.29, 1.82) is 0 Å². The molecule has 0 spiro atoms. The molecule has 1 atom stereocenters. The third-order valence-corrected chi connectivity index (χ3v) is 5.30. The lowest BCUT2D eigenvalue weighted by molar-refractivity contribution is -0.137. The molecule has 1 fully saturated rings. The van der Waals surface area contributed by atoms with Crippen LogP contribution in [0.15, 0.2) is 36.5 Å². The Morgan fingerprint density at radius 3 is 2.76 bits per heavy atom. The van der Waals surface area contributed by atoms with Crippen LogP contribution in [0.4, 0.5) is 23.5 Å². The van der Waals surface area contributed by atoms with Crippen LogP contribution in [0.3, 0.4) is 0 Å². The van der Waals surface area contributed by atoms with Crippen LogP contribution >= 0.6 is 0 Å². The van der Waals surface area contributed by atoms with Gasteiger partial charge in [0, 0.05) is 24.3 Å². The maximum Gasteiger partial charge on any atom is 0.416 e. The Labute approximate surface area is 165 Å². The number of halogens is 4. The lowest BCUT2D eigenvalue weighted by Gasteiger charge is -2.32. The lowest BCUT2D eigenvalue weighted by atomic mass is 10.1. The van der Waals surface area contributed by atoms with Crippen molar-refractivity contribution < 1.29 is 17.6 Å². The number of likely N-dealkylation sites (tertiary alicyclic amines) is 1. The smallest absolute Gasteiger partial charge is 0.350 e. The average Bonchev–Trinajstić information content (AvgIpc) is 3.18. The summed E-state index contributed by atoms with van der Waals surface area (Å²) in [4.78, 5) is 2.35. The first kappa shape index (κ1) is 19.6. The molecule has 1 aliphatic heterocycles. The second-order valence-electron chi connectivity index (χ2n) is 7.20. The van der Waals surface area contributed by atoms with Crippen LogP contribution < -0.4 is 5.32 Å². The predicted octanol–water partition coefficient (Wildman–Crippen LogP) is 4.45. The molecule has 0 aliphatic carbocycles. The number of anilines is 1.